The summed E-state index contributed by atoms with van der Waals surface area (Å²) >= 11 is 1.86. The summed E-state index contributed by atoms with van der Waals surface area (Å²) in [5, 5.41) is 12.1. The van der Waals surface area contributed by atoms with Crippen molar-refractivity contribution in [3.63, 3.8) is 0 Å². The van der Waals surface area contributed by atoms with Crippen molar-refractivity contribution in [2.75, 3.05) is 23.9 Å². The molecule has 0 radical (unpaired) electrons. The van der Waals surface area contributed by atoms with Crippen LogP contribution in [-0.4, -0.2) is 18.6 Å². The van der Waals surface area contributed by atoms with E-state index in [0.29, 0.717) is 5.56 Å². The molecule has 2 nitrogen and oxygen atoms in total. The monoisotopic (exact) mass is 220 g/mol. The minimum absolute atomic E-state index is 0.716. The van der Waals surface area contributed by atoms with E-state index in [1.54, 1.807) is 0 Å². The lowest BCUT2D eigenvalue weighted by Gasteiger charge is -2.09. The van der Waals surface area contributed by atoms with Crippen molar-refractivity contribution in [2.24, 2.45) is 0 Å². The maximum absolute atomic E-state index is 8.78. The van der Waals surface area contributed by atoms with Gasteiger partial charge < -0.3 is 5.32 Å². The van der Waals surface area contributed by atoms with E-state index in [9.17, 15) is 0 Å². The quantitative estimate of drug-likeness (QED) is 0.775. The molecule has 0 aliphatic heterocycles. The first kappa shape index (κ1) is 11.9. The van der Waals surface area contributed by atoms with E-state index in [4.69, 9.17) is 5.26 Å². The normalized spacial score (nSPS) is 9.67. The van der Waals surface area contributed by atoms with Gasteiger partial charge in [0.25, 0.3) is 0 Å². The van der Waals surface area contributed by atoms with Gasteiger partial charge in [0.05, 0.1) is 11.6 Å². The van der Waals surface area contributed by atoms with Crippen LogP contribution in [0.4, 0.5) is 5.69 Å². The van der Waals surface area contributed by atoms with E-state index in [1.807, 2.05) is 30.0 Å². The molecule has 1 aromatic rings. The van der Waals surface area contributed by atoms with Crippen molar-refractivity contribution in [3.05, 3.63) is 29.3 Å². The Morgan fingerprint density at radius 2 is 2.27 bits per heavy atom. The molecule has 0 amide bonds. The molecule has 80 valence electrons. The van der Waals surface area contributed by atoms with Crippen LogP contribution < -0.4 is 5.32 Å². The number of benzene rings is 1. The van der Waals surface area contributed by atoms with E-state index in [-0.39, 0.29) is 0 Å². The van der Waals surface area contributed by atoms with Crippen LogP contribution >= 0.6 is 11.8 Å². The van der Waals surface area contributed by atoms with E-state index < -0.39 is 0 Å². The molecule has 1 aromatic carbocycles. The predicted octanol–water partition coefficient (Wildman–Crippen LogP) is 3.03. The fraction of sp³-hybridized carbons (Fsp3) is 0.417. The lowest BCUT2D eigenvalue weighted by atomic mass is 10.1. The molecule has 0 atom stereocenters. The van der Waals surface area contributed by atoms with E-state index >= 15 is 0 Å². The van der Waals surface area contributed by atoms with E-state index in [1.165, 1.54) is 11.3 Å². The van der Waals surface area contributed by atoms with Gasteiger partial charge in [-0.1, -0.05) is 6.07 Å². The van der Waals surface area contributed by atoms with Crippen LogP contribution in [0.2, 0.25) is 0 Å². The first-order chi connectivity index (χ1) is 7.27. The smallest absolute Gasteiger partial charge is 0.0992 e. The van der Waals surface area contributed by atoms with Crippen molar-refractivity contribution in [3.8, 4) is 6.07 Å². The highest BCUT2D eigenvalue weighted by Gasteiger charge is 1.98. The Bertz CT molecular complexity index is 355. The number of hydrogen-bond donors (Lipinski definition) is 1. The Kier molecular flexibility index (Phi) is 5.06. The summed E-state index contributed by atoms with van der Waals surface area (Å²) in [6, 6.07) is 7.89. The average Bonchev–Trinajstić information content (AvgIpc) is 2.26. The van der Waals surface area contributed by atoms with Gasteiger partial charge in [-0.2, -0.15) is 17.0 Å². The van der Waals surface area contributed by atoms with Gasteiger partial charge in [0.2, 0.25) is 0 Å². The molecule has 1 N–H and O–H groups in total. The second-order valence-corrected chi connectivity index (χ2v) is 4.40. The van der Waals surface area contributed by atoms with Gasteiger partial charge in [-0.05, 0) is 43.0 Å². The molecule has 0 fully saturated rings. The molecule has 1 rings (SSSR count). The Hall–Kier alpha value is -1.14. The van der Waals surface area contributed by atoms with Crippen molar-refractivity contribution < 1.29 is 0 Å². The molecule has 0 unspecified atom stereocenters. The number of thioether (sulfide) groups is 1. The molecule has 0 spiro atoms. The number of nitrogens with zero attached hydrogens (tertiary/aromatic N) is 1. The van der Waals surface area contributed by atoms with Crippen molar-refractivity contribution in [2.45, 2.75) is 13.3 Å². The first-order valence-electron chi connectivity index (χ1n) is 5.01. The number of nitrogens with one attached hydrogen (secondary N) is 1. The molecule has 0 bridgehead atoms. The van der Waals surface area contributed by atoms with Gasteiger partial charge in [-0.3, -0.25) is 0 Å². The summed E-state index contributed by atoms with van der Waals surface area (Å²) in [6.07, 6.45) is 3.26. The molecule has 15 heavy (non-hydrogen) atoms. The maximum atomic E-state index is 8.78. The largest absolute Gasteiger partial charge is 0.385 e. The zero-order chi connectivity index (χ0) is 11.1. The molecule has 0 aliphatic rings. The molecule has 0 heterocycles. The number of nitriles is 1. The van der Waals surface area contributed by atoms with Crippen molar-refractivity contribution >= 4 is 17.4 Å². The minimum atomic E-state index is 0.716. The lowest BCUT2D eigenvalue weighted by molar-refractivity contribution is 0.990. The fourth-order valence-electron chi connectivity index (χ4n) is 1.32. The second kappa shape index (κ2) is 6.36. The average molecular weight is 220 g/mol. The minimum Gasteiger partial charge on any atom is -0.385 e. The number of anilines is 1. The zero-order valence-electron chi connectivity index (χ0n) is 9.21. The molecule has 0 aliphatic carbocycles. The Morgan fingerprint density at radius 3 is 2.93 bits per heavy atom. The summed E-state index contributed by atoms with van der Waals surface area (Å²) < 4.78 is 0. The van der Waals surface area contributed by atoms with Gasteiger partial charge >= 0.3 is 0 Å². The van der Waals surface area contributed by atoms with Crippen molar-refractivity contribution in [1.29, 1.82) is 5.26 Å². The Labute approximate surface area is 95.7 Å². The van der Waals surface area contributed by atoms with Crippen LogP contribution in [-0.2, 0) is 0 Å². The Morgan fingerprint density at radius 1 is 1.47 bits per heavy atom. The lowest BCUT2D eigenvalue weighted by Crippen LogP contribution is -2.04. The SMILES string of the molecule is CSCCCNc1cc(C#N)ccc1C. The van der Waals surface area contributed by atoms with Crippen LogP contribution in [0.15, 0.2) is 18.2 Å². The van der Waals surface area contributed by atoms with Gasteiger partial charge in [0.15, 0.2) is 0 Å². The number of aryl methyl sites for hydroxylation is 1. The fourth-order valence-corrected chi connectivity index (χ4v) is 1.75. The number of hydrogen-bond acceptors (Lipinski definition) is 3. The molecule has 3 heteroatoms. The third kappa shape index (κ3) is 3.85. The number of rotatable bonds is 5. The van der Waals surface area contributed by atoms with Crippen LogP contribution in [0.5, 0.6) is 0 Å². The third-order valence-corrected chi connectivity index (χ3v) is 2.90. The van der Waals surface area contributed by atoms with Gasteiger partial charge in [-0.25, -0.2) is 0 Å². The highest BCUT2D eigenvalue weighted by Crippen LogP contribution is 2.16. The van der Waals surface area contributed by atoms with E-state index in [0.717, 1.165) is 18.7 Å². The van der Waals surface area contributed by atoms with Crippen LogP contribution in [0.3, 0.4) is 0 Å². The highest BCUT2D eigenvalue weighted by atomic mass is 32.2. The van der Waals surface area contributed by atoms with Gasteiger partial charge in [-0.15, -0.1) is 0 Å². The summed E-state index contributed by atoms with van der Waals surface area (Å²) in [7, 11) is 0. The molecular formula is C12H16N2S. The second-order valence-electron chi connectivity index (χ2n) is 3.41. The summed E-state index contributed by atoms with van der Waals surface area (Å²) in [4.78, 5) is 0. The maximum Gasteiger partial charge on any atom is 0.0992 e. The highest BCUT2D eigenvalue weighted by molar-refractivity contribution is 7.98. The van der Waals surface area contributed by atoms with Crippen LogP contribution in [0.1, 0.15) is 17.5 Å². The Balaban J connectivity index is 2.56. The third-order valence-electron chi connectivity index (χ3n) is 2.21. The first-order valence-corrected chi connectivity index (χ1v) is 6.41. The van der Waals surface area contributed by atoms with Crippen LogP contribution in [0, 0.1) is 18.3 Å². The summed E-state index contributed by atoms with van der Waals surface area (Å²) in [5.74, 6) is 1.17. The standard InChI is InChI=1S/C12H16N2S/c1-10-4-5-11(9-13)8-12(10)14-6-3-7-15-2/h4-5,8,14H,3,6-7H2,1-2H3. The molecule has 0 saturated carbocycles. The summed E-state index contributed by atoms with van der Waals surface area (Å²) in [5.41, 5.74) is 2.99. The van der Waals surface area contributed by atoms with Gasteiger partial charge in [0.1, 0.15) is 0 Å². The molecule has 0 saturated heterocycles. The topological polar surface area (TPSA) is 35.8 Å². The van der Waals surface area contributed by atoms with Crippen molar-refractivity contribution in [1.82, 2.24) is 0 Å². The van der Waals surface area contributed by atoms with E-state index in [2.05, 4.69) is 24.6 Å². The molecular weight excluding hydrogens is 204 g/mol. The van der Waals surface area contributed by atoms with Gasteiger partial charge in [0, 0.05) is 12.2 Å². The predicted molar refractivity (Wildman–Crippen MR) is 67.4 cm³/mol. The molecule has 0 aromatic heterocycles. The zero-order valence-corrected chi connectivity index (χ0v) is 10.0. The summed E-state index contributed by atoms with van der Waals surface area (Å²) in [6.45, 7) is 3.02. The van der Waals surface area contributed by atoms with Crippen LogP contribution in [0.25, 0.3) is 0 Å².